The van der Waals surface area contributed by atoms with E-state index in [1.54, 1.807) is 19.1 Å². The van der Waals surface area contributed by atoms with E-state index in [1.807, 2.05) is 19.1 Å². The normalized spacial score (nSPS) is 14.3. The Morgan fingerprint density at radius 2 is 1.84 bits per heavy atom. The topological polar surface area (TPSA) is 101 Å². The molecule has 1 amide bonds. The predicted molar refractivity (Wildman–Crippen MR) is 111 cm³/mol. The Morgan fingerprint density at radius 3 is 2.42 bits per heavy atom. The lowest BCUT2D eigenvalue weighted by Crippen LogP contribution is -2.33. The van der Waals surface area contributed by atoms with Crippen molar-refractivity contribution >= 4 is 21.4 Å². The van der Waals surface area contributed by atoms with Crippen molar-refractivity contribution in [1.29, 1.82) is 0 Å². The molecule has 0 radical (unpaired) electrons. The van der Waals surface area contributed by atoms with Crippen LogP contribution in [-0.4, -0.2) is 36.6 Å². The van der Waals surface area contributed by atoms with Crippen LogP contribution in [-0.2, 0) is 16.0 Å². The van der Waals surface area contributed by atoms with Crippen LogP contribution < -0.4 is 10.6 Å². The second-order valence-electron chi connectivity index (χ2n) is 7.10. The van der Waals surface area contributed by atoms with E-state index in [9.17, 15) is 26.4 Å². The quantitative estimate of drug-likeness (QED) is 0.660. The molecule has 11 heteroatoms. The van der Waals surface area contributed by atoms with Crippen molar-refractivity contribution in [2.24, 2.45) is 0 Å². The summed E-state index contributed by atoms with van der Waals surface area (Å²) in [5.41, 5.74) is 0.0882. The van der Waals surface area contributed by atoms with Crippen LogP contribution in [0.2, 0.25) is 0 Å². The number of carbonyl (C=O) groups excluding carboxylic acids is 1. The van der Waals surface area contributed by atoms with Gasteiger partial charge in [0.1, 0.15) is 0 Å². The smallest absolute Gasteiger partial charge is 0.376 e. The average molecular weight is 456 g/mol. The molecule has 0 bridgehead atoms. The lowest BCUT2D eigenvalue weighted by molar-refractivity contribution is -0.140. The maximum atomic E-state index is 13.6. The molecule has 0 aliphatic heterocycles. The van der Waals surface area contributed by atoms with Crippen molar-refractivity contribution in [3.63, 3.8) is 0 Å². The highest BCUT2D eigenvalue weighted by atomic mass is 32.2. The fourth-order valence-electron chi connectivity index (χ4n) is 2.78. The monoisotopic (exact) mass is 456 g/mol. The Hall–Kier alpha value is -2.95. The third-order valence-electron chi connectivity index (χ3n) is 4.26. The molecular formula is C20H23F3N4O3S. The van der Waals surface area contributed by atoms with Crippen molar-refractivity contribution in [3.8, 4) is 0 Å². The van der Waals surface area contributed by atoms with E-state index in [0.717, 1.165) is 29.0 Å². The van der Waals surface area contributed by atoms with Crippen molar-refractivity contribution in [1.82, 2.24) is 15.3 Å². The summed E-state index contributed by atoms with van der Waals surface area (Å²) in [7, 11) is -3.41. The summed E-state index contributed by atoms with van der Waals surface area (Å²) in [6, 6.07) is 6.03. The standard InChI is InChI=1S/C20H23F3N4O3S/c1-12-7-5-6-8-15(12)14(3)26-16-11-24-18(27-17(16)20(21,22)23)19(28)25-13(2)9-10-31(4,29)30/h5-11,13-14,26H,1-4H3,(H,25,28)/b10-9+/t13-,14+/m1/s1. The zero-order valence-corrected chi connectivity index (χ0v) is 18.2. The van der Waals surface area contributed by atoms with Gasteiger partial charge in [0.15, 0.2) is 15.5 Å². The van der Waals surface area contributed by atoms with Gasteiger partial charge in [-0.15, -0.1) is 0 Å². The van der Waals surface area contributed by atoms with Crippen LogP contribution in [0.3, 0.4) is 0 Å². The third kappa shape index (κ3) is 7.06. The number of aryl methyl sites for hydroxylation is 1. The minimum atomic E-state index is -4.83. The van der Waals surface area contributed by atoms with Gasteiger partial charge in [0.05, 0.1) is 11.9 Å². The van der Waals surface area contributed by atoms with E-state index >= 15 is 0 Å². The van der Waals surface area contributed by atoms with Crippen LogP contribution in [0.5, 0.6) is 0 Å². The average Bonchev–Trinajstić information content (AvgIpc) is 2.65. The number of anilines is 1. The van der Waals surface area contributed by atoms with E-state index in [-0.39, 0.29) is 5.69 Å². The Labute approximate surface area is 178 Å². The molecule has 2 rings (SSSR count). The minimum Gasteiger partial charge on any atom is -0.376 e. The van der Waals surface area contributed by atoms with Crippen molar-refractivity contribution in [2.45, 2.75) is 39.0 Å². The molecule has 1 heterocycles. The van der Waals surface area contributed by atoms with E-state index in [2.05, 4.69) is 20.6 Å². The molecule has 168 valence electrons. The van der Waals surface area contributed by atoms with Gasteiger partial charge in [-0.25, -0.2) is 18.4 Å². The van der Waals surface area contributed by atoms with Gasteiger partial charge in [0.2, 0.25) is 5.82 Å². The summed E-state index contributed by atoms with van der Waals surface area (Å²) >= 11 is 0. The second kappa shape index (κ2) is 9.46. The van der Waals surface area contributed by atoms with Crippen molar-refractivity contribution < 1.29 is 26.4 Å². The van der Waals surface area contributed by atoms with Crippen LogP contribution >= 0.6 is 0 Å². The highest BCUT2D eigenvalue weighted by Crippen LogP contribution is 2.34. The summed E-state index contributed by atoms with van der Waals surface area (Å²) in [6.45, 7) is 5.02. The molecular weight excluding hydrogens is 433 g/mol. The maximum Gasteiger partial charge on any atom is 0.435 e. The number of sulfone groups is 1. The molecule has 1 aromatic heterocycles. The molecule has 0 spiro atoms. The highest BCUT2D eigenvalue weighted by molar-refractivity contribution is 7.93. The number of nitrogens with one attached hydrogen (secondary N) is 2. The number of halogens is 3. The summed E-state index contributed by atoms with van der Waals surface area (Å²) in [5, 5.41) is 5.99. The van der Waals surface area contributed by atoms with Gasteiger partial charge in [-0.1, -0.05) is 30.3 Å². The number of benzene rings is 1. The molecule has 0 fully saturated rings. The summed E-state index contributed by atoms with van der Waals surface area (Å²) in [6.07, 6.45) is -1.75. The SMILES string of the molecule is Cc1ccccc1[C@H](C)Nc1cnc(C(=O)N[C@H](C)/C=C/S(C)(=O)=O)nc1C(F)(F)F. The molecule has 31 heavy (non-hydrogen) atoms. The Balaban J connectivity index is 2.28. The van der Waals surface area contributed by atoms with E-state index < -0.39 is 45.5 Å². The fourth-order valence-corrected chi connectivity index (χ4v) is 3.30. The number of aromatic nitrogens is 2. The summed E-state index contributed by atoms with van der Waals surface area (Å²) < 4.78 is 63.1. The first-order valence-corrected chi connectivity index (χ1v) is 11.2. The first-order chi connectivity index (χ1) is 14.3. The molecule has 0 aliphatic carbocycles. The number of hydrogen-bond donors (Lipinski definition) is 2. The molecule has 0 unspecified atom stereocenters. The van der Waals surface area contributed by atoms with Gasteiger partial charge in [-0.2, -0.15) is 13.2 Å². The van der Waals surface area contributed by atoms with Crippen LogP contribution in [0.1, 0.15) is 47.3 Å². The maximum absolute atomic E-state index is 13.6. The van der Waals surface area contributed by atoms with E-state index in [1.165, 1.54) is 13.0 Å². The van der Waals surface area contributed by atoms with Gasteiger partial charge in [0, 0.05) is 23.7 Å². The number of carbonyl (C=O) groups is 1. The number of alkyl halides is 3. The Bertz CT molecular complexity index is 1090. The zero-order chi connectivity index (χ0) is 23.4. The molecule has 2 atom stereocenters. The molecule has 0 saturated heterocycles. The third-order valence-corrected chi connectivity index (χ3v) is 4.91. The highest BCUT2D eigenvalue weighted by Gasteiger charge is 2.37. The van der Waals surface area contributed by atoms with E-state index in [4.69, 9.17) is 0 Å². The number of nitrogens with zero attached hydrogens (tertiary/aromatic N) is 2. The summed E-state index contributed by atoms with van der Waals surface area (Å²) in [5.74, 6) is -1.64. The minimum absolute atomic E-state index is 0.357. The molecule has 1 aromatic carbocycles. The lowest BCUT2D eigenvalue weighted by Gasteiger charge is -2.20. The second-order valence-corrected chi connectivity index (χ2v) is 9.03. The first kappa shape index (κ1) is 24.3. The van der Waals surface area contributed by atoms with Crippen LogP contribution in [0, 0.1) is 6.92 Å². The Kier molecular flexibility index (Phi) is 7.42. The fraction of sp³-hybridized carbons (Fsp3) is 0.350. The number of rotatable bonds is 7. The van der Waals surface area contributed by atoms with Crippen LogP contribution in [0.4, 0.5) is 18.9 Å². The van der Waals surface area contributed by atoms with Gasteiger partial charge in [-0.3, -0.25) is 4.79 Å². The first-order valence-electron chi connectivity index (χ1n) is 9.23. The van der Waals surface area contributed by atoms with Crippen molar-refractivity contribution in [2.75, 3.05) is 11.6 Å². The van der Waals surface area contributed by atoms with Gasteiger partial charge in [-0.05, 0) is 31.9 Å². The molecule has 2 aromatic rings. The van der Waals surface area contributed by atoms with Crippen LogP contribution in [0.25, 0.3) is 0 Å². The predicted octanol–water partition coefficient (Wildman–Crippen LogP) is 3.65. The van der Waals surface area contributed by atoms with Gasteiger partial charge >= 0.3 is 6.18 Å². The lowest BCUT2D eigenvalue weighted by atomic mass is 10.0. The van der Waals surface area contributed by atoms with Gasteiger partial charge < -0.3 is 10.6 Å². The Morgan fingerprint density at radius 1 is 1.19 bits per heavy atom. The largest absolute Gasteiger partial charge is 0.435 e. The molecule has 2 N–H and O–H groups in total. The zero-order valence-electron chi connectivity index (χ0n) is 17.4. The van der Waals surface area contributed by atoms with E-state index in [0.29, 0.717) is 0 Å². The number of amides is 1. The van der Waals surface area contributed by atoms with Crippen LogP contribution in [0.15, 0.2) is 41.9 Å². The van der Waals surface area contributed by atoms with Gasteiger partial charge in [0.25, 0.3) is 5.91 Å². The van der Waals surface area contributed by atoms with Crippen molar-refractivity contribution in [3.05, 3.63) is 64.6 Å². The summed E-state index contributed by atoms with van der Waals surface area (Å²) in [4.78, 5) is 19.4. The molecule has 0 saturated carbocycles. The number of hydrogen-bond acceptors (Lipinski definition) is 6. The molecule has 0 aliphatic rings. The molecule has 7 nitrogen and oxygen atoms in total.